The fourth-order valence-electron chi connectivity index (χ4n) is 1.41. The number of allylic oxidation sites excluding steroid dienone is 1. The summed E-state index contributed by atoms with van der Waals surface area (Å²) in [5.41, 5.74) is 0. The molecule has 1 rings (SSSR count). The van der Waals surface area contributed by atoms with Crippen LogP contribution in [0.4, 0.5) is 0 Å². The average Bonchev–Trinajstić information content (AvgIpc) is 1.93. The number of carbonyl (C=O) groups is 1. The van der Waals surface area contributed by atoms with Gasteiger partial charge in [0, 0.05) is 13.0 Å². The Morgan fingerprint density at radius 3 is 2.64 bits per heavy atom. The van der Waals surface area contributed by atoms with Crippen LogP contribution in [0.5, 0.6) is 0 Å². The average molecular weight is 153 g/mol. The van der Waals surface area contributed by atoms with Crippen molar-refractivity contribution >= 4 is 5.91 Å². The van der Waals surface area contributed by atoms with Crippen molar-refractivity contribution in [2.75, 3.05) is 0 Å². The van der Waals surface area contributed by atoms with E-state index in [-0.39, 0.29) is 5.91 Å². The molecular weight excluding hydrogens is 138 g/mol. The summed E-state index contributed by atoms with van der Waals surface area (Å²) in [4.78, 5) is 10.7. The molecule has 0 aliphatic heterocycles. The van der Waals surface area contributed by atoms with E-state index in [4.69, 9.17) is 0 Å². The summed E-state index contributed by atoms with van der Waals surface area (Å²) in [7, 11) is 0. The SMILES string of the molecule is CC(=O)NC1CC=CCC1C. The van der Waals surface area contributed by atoms with Crippen molar-refractivity contribution in [3.05, 3.63) is 12.2 Å². The van der Waals surface area contributed by atoms with E-state index in [1.54, 1.807) is 6.92 Å². The molecule has 0 radical (unpaired) electrons. The highest BCUT2D eigenvalue weighted by atomic mass is 16.1. The molecule has 2 unspecified atom stereocenters. The molecule has 2 nitrogen and oxygen atoms in total. The highest BCUT2D eigenvalue weighted by molar-refractivity contribution is 5.73. The summed E-state index contributed by atoms with van der Waals surface area (Å²) in [6.45, 7) is 3.75. The van der Waals surface area contributed by atoms with Crippen LogP contribution in [-0.2, 0) is 4.79 Å². The first-order valence-electron chi connectivity index (χ1n) is 4.12. The summed E-state index contributed by atoms with van der Waals surface area (Å²) < 4.78 is 0. The minimum atomic E-state index is 0.0807. The lowest BCUT2D eigenvalue weighted by atomic mass is 9.91. The molecule has 1 aliphatic rings. The monoisotopic (exact) mass is 153 g/mol. The Morgan fingerprint density at radius 2 is 2.09 bits per heavy atom. The van der Waals surface area contributed by atoms with Gasteiger partial charge in [0.05, 0.1) is 0 Å². The fourth-order valence-corrected chi connectivity index (χ4v) is 1.41. The zero-order valence-corrected chi connectivity index (χ0v) is 7.13. The van der Waals surface area contributed by atoms with E-state index in [1.807, 2.05) is 0 Å². The molecule has 62 valence electrons. The first kappa shape index (κ1) is 8.31. The molecule has 0 aromatic heterocycles. The normalized spacial score (nSPS) is 30.0. The van der Waals surface area contributed by atoms with Gasteiger partial charge in [0.2, 0.25) is 5.91 Å². The van der Waals surface area contributed by atoms with E-state index in [0.29, 0.717) is 12.0 Å². The number of carbonyl (C=O) groups excluding carboxylic acids is 1. The van der Waals surface area contributed by atoms with Gasteiger partial charge in [-0.1, -0.05) is 19.1 Å². The van der Waals surface area contributed by atoms with Gasteiger partial charge in [0.1, 0.15) is 0 Å². The van der Waals surface area contributed by atoms with Gasteiger partial charge in [-0.3, -0.25) is 4.79 Å². The highest BCUT2D eigenvalue weighted by Gasteiger charge is 2.17. The third-order valence-corrected chi connectivity index (χ3v) is 2.14. The second kappa shape index (κ2) is 3.56. The zero-order valence-electron chi connectivity index (χ0n) is 7.13. The number of hydrogen-bond donors (Lipinski definition) is 1. The minimum absolute atomic E-state index is 0.0807. The largest absolute Gasteiger partial charge is 0.353 e. The summed E-state index contributed by atoms with van der Waals surface area (Å²) in [6, 6.07) is 0.359. The topological polar surface area (TPSA) is 29.1 Å². The second-order valence-corrected chi connectivity index (χ2v) is 3.23. The molecule has 0 aromatic carbocycles. The molecule has 0 saturated heterocycles. The molecule has 0 spiro atoms. The van der Waals surface area contributed by atoms with Crippen molar-refractivity contribution in [3.8, 4) is 0 Å². The molecule has 2 atom stereocenters. The van der Waals surface area contributed by atoms with Crippen LogP contribution >= 0.6 is 0 Å². The van der Waals surface area contributed by atoms with Gasteiger partial charge >= 0.3 is 0 Å². The molecule has 0 saturated carbocycles. The maximum Gasteiger partial charge on any atom is 0.217 e. The van der Waals surface area contributed by atoms with Gasteiger partial charge in [0.15, 0.2) is 0 Å². The molecule has 0 heterocycles. The van der Waals surface area contributed by atoms with Gasteiger partial charge in [-0.05, 0) is 18.8 Å². The molecular formula is C9H15NO. The van der Waals surface area contributed by atoms with Crippen LogP contribution < -0.4 is 5.32 Å². The van der Waals surface area contributed by atoms with Crippen LogP contribution in [0.15, 0.2) is 12.2 Å². The van der Waals surface area contributed by atoms with Crippen molar-refractivity contribution in [1.82, 2.24) is 5.32 Å². The van der Waals surface area contributed by atoms with Gasteiger partial charge < -0.3 is 5.32 Å². The van der Waals surface area contributed by atoms with Crippen LogP contribution in [0.3, 0.4) is 0 Å². The zero-order chi connectivity index (χ0) is 8.27. The maximum atomic E-state index is 10.7. The lowest BCUT2D eigenvalue weighted by molar-refractivity contribution is -0.120. The van der Waals surface area contributed by atoms with Crippen molar-refractivity contribution in [3.63, 3.8) is 0 Å². The predicted octanol–water partition coefficient (Wildman–Crippen LogP) is 1.48. The molecule has 0 bridgehead atoms. The third kappa shape index (κ3) is 2.37. The predicted molar refractivity (Wildman–Crippen MR) is 45.1 cm³/mol. The Labute approximate surface area is 67.7 Å². The number of rotatable bonds is 1. The molecule has 2 heteroatoms. The molecule has 0 aromatic rings. The molecule has 11 heavy (non-hydrogen) atoms. The fraction of sp³-hybridized carbons (Fsp3) is 0.667. The summed E-state index contributed by atoms with van der Waals surface area (Å²) in [6.07, 6.45) is 6.40. The van der Waals surface area contributed by atoms with E-state index in [0.717, 1.165) is 12.8 Å². The van der Waals surface area contributed by atoms with E-state index in [1.165, 1.54) is 0 Å². The van der Waals surface area contributed by atoms with Gasteiger partial charge in [-0.2, -0.15) is 0 Å². The summed E-state index contributed by atoms with van der Waals surface area (Å²) >= 11 is 0. The molecule has 1 aliphatic carbocycles. The standard InChI is InChI=1S/C9H15NO/c1-7-5-3-4-6-9(7)10-8(2)11/h3-4,7,9H,5-6H2,1-2H3,(H,10,11). The number of hydrogen-bond acceptors (Lipinski definition) is 1. The van der Waals surface area contributed by atoms with E-state index < -0.39 is 0 Å². The van der Waals surface area contributed by atoms with Gasteiger partial charge in [-0.15, -0.1) is 0 Å². The van der Waals surface area contributed by atoms with E-state index >= 15 is 0 Å². The Bertz CT molecular complexity index is 174. The van der Waals surface area contributed by atoms with Crippen LogP contribution in [0.25, 0.3) is 0 Å². The maximum absolute atomic E-state index is 10.7. The first-order chi connectivity index (χ1) is 5.20. The van der Waals surface area contributed by atoms with Crippen molar-refractivity contribution in [1.29, 1.82) is 0 Å². The van der Waals surface area contributed by atoms with Gasteiger partial charge in [0.25, 0.3) is 0 Å². The van der Waals surface area contributed by atoms with Crippen LogP contribution in [-0.4, -0.2) is 11.9 Å². The highest BCUT2D eigenvalue weighted by Crippen LogP contribution is 2.17. The molecule has 1 amide bonds. The van der Waals surface area contributed by atoms with Crippen LogP contribution in [0.1, 0.15) is 26.7 Å². The molecule has 0 fully saturated rings. The van der Waals surface area contributed by atoms with Crippen molar-refractivity contribution in [2.24, 2.45) is 5.92 Å². The first-order valence-corrected chi connectivity index (χ1v) is 4.12. The third-order valence-electron chi connectivity index (χ3n) is 2.14. The van der Waals surface area contributed by atoms with E-state index in [2.05, 4.69) is 24.4 Å². The van der Waals surface area contributed by atoms with Crippen LogP contribution in [0.2, 0.25) is 0 Å². The number of amides is 1. The van der Waals surface area contributed by atoms with Crippen LogP contribution in [0, 0.1) is 5.92 Å². The smallest absolute Gasteiger partial charge is 0.217 e. The Kier molecular flexibility index (Phi) is 2.69. The van der Waals surface area contributed by atoms with Crippen molar-refractivity contribution < 1.29 is 4.79 Å². The lowest BCUT2D eigenvalue weighted by Gasteiger charge is -2.25. The van der Waals surface area contributed by atoms with Gasteiger partial charge in [-0.25, -0.2) is 0 Å². The molecule has 1 N–H and O–H groups in total. The van der Waals surface area contributed by atoms with E-state index in [9.17, 15) is 4.79 Å². The quantitative estimate of drug-likeness (QED) is 0.568. The Morgan fingerprint density at radius 1 is 1.45 bits per heavy atom. The number of nitrogens with one attached hydrogen (secondary N) is 1. The Balaban J connectivity index is 2.44. The van der Waals surface area contributed by atoms with Crippen molar-refractivity contribution in [2.45, 2.75) is 32.7 Å². The minimum Gasteiger partial charge on any atom is -0.353 e. The summed E-state index contributed by atoms with van der Waals surface area (Å²) in [5.74, 6) is 0.668. The Hall–Kier alpha value is -0.790. The summed E-state index contributed by atoms with van der Waals surface area (Å²) in [5, 5.41) is 2.94. The lowest BCUT2D eigenvalue weighted by Crippen LogP contribution is -2.38. The second-order valence-electron chi connectivity index (χ2n) is 3.23.